The first kappa shape index (κ1) is 16.3. The lowest BCUT2D eigenvalue weighted by atomic mass is 9.85. The Hall–Kier alpha value is -1.09. The fourth-order valence-corrected chi connectivity index (χ4v) is 3.13. The number of hydrogen-bond acceptors (Lipinski definition) is 3. The van der Waals surface area contributed by atoms with E-state index in [4.69, 9.17) is 9.72 Å². The third-order valence-corrected chi connectivity index (χ3v) is 4.45. The number of hydrogen-bond donors (Lipinski definition) is 1. The van der Waals surface area contributed by atoms with Gasteiger partial charge in [0.05, 0.1) is 0 Å². The highest BCUT2D eigenvalue weighted by Crippen LogP contribution is 2.30. The summed E-state index contributed by atoms with van der Waals surface area (Å²) >= 11 is 0. The van der Waals surface area contributed by atoms with Gasteiger partial charge in [-0.05, 0) is 49.8 Å². The van der Waals surface area contributed by atoms with Gasteiger partial charge in [0.2, 0.25) is 5.88 Å². The molecule has 0 radical (unpaired) electrons. The summed E-state index contributed by atoms with van der Waals surface area (Å²) in [6.07, 6.45) is 6.62. The van der Waals surface area contributed by atoms with Crippen LogP contribution < -0.4 is 10.1 Å². The fraction of sp³-hybridized carbons (Fsp3) is 0.722. The molecule has 1 N–H and O–H groups in total. The Kier molecular flexibility index (Phi) is 6.04. The molecular weight excluding hydrogens is 260 g/mol. The molecule has 1 aliphatic carbocycles. The van der Waals surface area contributed by atoms with E-state index in [0.717, 1.165) is 24.0 Å². The Morgan fingerprint density at radius 3 is 2.81 bits per heavy atom. The van der Waals surface area contributed by atoms with Crippen LogP contribution in [0.4, 0.5) is 0 Å². The molecule has 1 aromatic heterocycles. The molecule has 3 nitrogen and oxygen atoms in total. The predicted molar refractivity (Wildman–Crippen MR) is 87.8 cm³/mol. The molecule has 0 amide bonds. The van der Waals surface area contributed by atoms with Gasteiger partial charge in [-0.1, -0.05) is 33.6 Å². The van der Waals surface area contributed by atoms with E-state index in [0.29, 0.717) is 12.0 Å². The molecule has 1 aliphatic rings. The number of ether oxygens (including phenoxy) is 1. The van der Waals surface area contributed by atoms with Crippen LogP contribution in [-0.4, -0.2) is 18.1 Å². The van der Waals surface area contributed by atoms with Crippen molar-refractivity contribution in [3.05, 3.63) is 23.4 Å². The standard InChI is InChI=1S/C18H30N2O/c1-5-14-7-6-8-16(9-14)21-18-11-15(12-19-4)10-17(20-18)13(2)3/h10-11,13-14,16,19H,5-9,12H2,1-4H3. The van der Waals surface area contributed by atoms with Crippen molar-refractivity contribution in [2.24, 2.45) is 5.92 Å². The van der Waals surface area contributed by atoms with Crippen molar-refractivity contribution in [1.82, 2.24) is 10.3 Å². The molecule has 21 heavy (non-hydrogen) atoms. The largest absolute Gasteiger partial charge is 0.474 e. The molecule has 2 unspecified atom stereocenters. The maximum absolute atomic E-state index is 6.23. The average Bonchev–Trinajstić information content (AvgIpc) is 2.47. The smallest absolute Gasteiger partial charge is 0.214 e. The molecule has 0 spiro atoms. The minimum absolute atomic E-state index is 0.348. The second kappa shape index (κ2) is 7.79. The fourth-order valence-electron chi connectivity index (χ4n) is 3.13. The summed E-state index contributed by atoms with van der Waals surface area (Å²) in [4.78, 5) is 4.71. The molecule has 1 heterocycles. The third kappa shape index (κ3) is 4.70. The van der Waals surface area contributed by atoms with Gasteiger partial charge >= 0.3 is 0 Å². The molecule has 2 atom stereocenters. The van der Waals surface area contributed by atoms with Gasteiger partial charge in [0.15, 0.2) is 0 Å². The van der Waals surface area contributed by atoms with Crippen LogP contribution in [0.15, 0.2) is 12.1 Å². The first-order valence-electron chi connectivity index (χ1n) is 8.44. The van der Waals surface area contributed by atoms with Crippen molar-refractivity contribution in [3.8, 4) is 5.88 Å². The maximum Gasteiger partial charge on any atom is 0.214 e. The Balaban J connectivity index is 2.10. The molecule has 0 aliphatic heterocycles. The van der Waals surface area contributed by atoms with Crippen molar-refractivity contribution >= 4 is 0 Å². The van der Waals surface area contributed by atoms with Gasteiger partial charge in [0.1, 0.15) is 6.10 Å². The van der Waals surface area contributed by atoms with Gasteiger partial charge in [0.25, 0.3) is 0 Å². The van der Waals surface area contributed by atoms with Crippen LogP contribution in [0.3, 0.4) is 0 Å². The molecule has 3 heteroatoms. The number of aromatic nitrogens is 1. The number of rotatable bonds is 6. The van der Waals surface area contributed by atoms with Gasteiger partial charge in [-0.15, -0.1) is 0 Å². The Morgan fingerprint density at radius 2 is 2.14 bits per heavy atom. The molecule has 0 saturated heterocycles. The van der Waals surface area contributed by atoms with Crippen LogP contribution in [0, 0.1) is 5.92 Å². The van der Waals surface area contributed by atoms with E-state index in [1.54, 1.807) is 0 Å². The first-order valence-corrected chi connectivity index (χ1v) is 8.44. The second-order valence-electron chi connectivity index (χ2n) is 6.60. The average molecular weight is 290 g/mol. The first-order chi connectivity index (χ1) is 10.1. The highest BCUT2D eigenvalue weighted by molar-refractivity contribution is 5.27. The molecule has 0 aromatic carbocycles. The van der Waals surface area contributed by atoms with Crippen LogP contribution in [0.25, 0.3) is 0 Å². The van der Waals surface area contributed by atoms with Crippen molar-refractivity contribution in [2.45, 2.75) is 71.4 Å². The van der Waals surface area contributed by atoms with E-state index < -0.39 is 0 Å². The molecule has 118 valence electrons. The Bertz CT molecular complexity index is 445. The summed E-state index contributed by atoms with van der Waals surface area (Å²) in [5.74, 6) is 2.07. The van der Waals surface area contributed by atoms with Crippen molar-refractivity contribution in [2.75, 3.05) is 7.05 Å². The van der Waals surface area contributed by atoms with Gasteiger partial charge in [-0.2, -0.15) is 0 Å². The van der Waals surface area contributed by atoms with Crippen molar-refractivity contribution in [3.63, 3.8) is 0 Å². The molecular formula is C18H30N2O. The summed E-state index contributed by atoms with van der Waals surface area (Å²) in [5.41, 5.74) is 2.38. The van der Waals surface area contributed by atoms with E-state index in [9.17, 15) is 0 Å². The van der Waals surface area contributed by atoms with E-state index >= 15 is 0 Å². The van der Waals surface area contributed by atoms with Crippen molar-refractivity contribution in [1.29, 1.82) is 0 Å². The molecule has 1 fully saturated rings. The van der Waals surface area contributed by atoms with E-state index in [-0.39, 0.29) is 0 Å². The monoisotopic (exact) mass is 290 g/mol. The zero-order valence-corrected chi connectivity index (χ0v) is 14.0. The minimum Gasteiger partial charge on any atom is -0.474 e. The van der Waals surface area contributed by atoms with Gasteiger partial charge in [0, 0.05) is 18.3 Å². The summed E-state index contributed by atoms with van der Waals surface area (Å²) < 4.78 is 6.23. The lowest BCUT2D eigenvalue weighted by molar-refractivity contribution is 0.116. The Labute approximate surface area is 129 Å². The van der Waals surface area contributed by atoms with Crippen LogP contribution in [-0.2, 0) is 6.54 Å². The number of nitrogens with one attached hydrogen (secondary N) is 1. The zero-order valence-electron chi connectivity index (χ0n) is 14.0. The zero-order chi connectivity index (χ0) is 15.2. The molecule has 1 saturated carbocycles. The lowest BCUT2D eigenvalue weighted by Crippen LogP contribution is -2.25. The normalized spacial score (nSPS) is 22.5. The topological polar surface area (TPSA) is 34.1 Å². The van der Waals surface area contributed by atoms with Crippen molar-refractivity contribution < 1.29 is 4.74 Å². The molecule has 0 bridgehead atoms. The van der Waals surface area contributed by atoms with Gasteiger partial charge in [-0.25, -0.2) is 4.98 Å². The number of nitrogens with zero attached hydrogens (tertiary/aromatic N) is 1. The second-order valence-corrected chi connectivity index (χ2v) is 6.60. The van der Waals surface area contributed by atoms with Crippen LogP contribution in [0.2, 0.25) is 0 Å². The Morgan fingerprint density at radius 1 is 1.33 bits per heavy atom. The van der Waals surface area contributed by atoms with E-state index in [1.165, 1.54) is 37.7 Å². The predicted octanol–water partition coefficient (Wildman–Crippen LogP) is 4.27. The SMILES string of the molecule is CCC1CCCC(Oc2cc(CNC)cc(C(C)C)n2)C1. The van der Waals surface area contributed by atoms with Gasteiger partial charge < -0.3 is 10.1 Å². The van der Waals surface area contributed by atoms with Crippen LogP contribution in [0.5, 0.6) is 5.88 Å². The van der Waals surface area contributed by atoms with E-state index in [1.807, 2.05) is 7.05 Å². The van der Waals surface area contributed by atoms with Crippen LogP contribution >= 0.6 is 0 Å². The molecule has 2 rings (SSSR count). The summed E-state index contributed by atoms with van der Waals surface area (Å²) in [6, 6.07) is 4.28. The highest BCUT2D eigenvalue weighted by atomic mass is 16.5. The quantitative estimate of drug-likeness (QED) is 0.849. The number of pyridine rings is 1. The lowest BCUT2D eigenvalue weighted by Gasteiger charge is -2.28. The summed E-state index contributed by atoms with van der Waals surface area (Å²) in [6.45, 7) is 7.52. The van der Waals surface area contributed by atoms with Gasteiger partial charge in [-0.3, -0.25) is 0 Å². The minimum atomic E-state index is 0.348. The summed E-state index contributed by atoms with van der Waals surface area (Å²) in [5, 5.41) is 3.21. The van der Waals surface area contributed by atoms with Crippen LogP contribution in [0.1, 0.15) is 70.1 Å². The van der Waals surface area contributed by atoms with E-state index in [2.05, 4.69) is 38.2 Å². The maximum atomic E-state index is 6.23. The third-order valence-electron chi connectivity index (χ3n) is 4.45. The summed E-state index contributed by atoms with van der Waals surface area (Å²) in [7, 11) is 1.98. The molecule has 1 aromatic rings. The highest BCUT2D eigenvalue weighted by Gasteiger charge is 2.22.